The van der Waals surface area contributed by atoms with Gasteiger partial charge in [0.05, 0.1) is 5.69 Å². The Balaban J connectivity index is 2.21. The van der Waals surface area contributed by atoms with Crippen LogP contribution in [0.25, 0.3) is 0 Å². The summed E-state index contributed by atoms with van der Waals surface area (Å²) in [5.74, 6) is 5.32. The number of hydrogen-bond acceptors (Lipinski definition) is 5. The second-order valence-corrected chi connectivity index (χ2v) is 6.52. The highest BCUT2D eigenvalue weighted by molar-refractivity contribution is 7.89. The predicted octanol–water partition coefficient (Wildman–Crippen LogP) is 1.82. The van der Waals surface area contributed by atoms with Crippen LogP contribution >= 0.6 is 11.3 Å². The van der Waals surface area contributed by atoms with Crippen molar-refractivity contribution in [3.05, 3.63) is 46.2 Å². The number of anilines is 1. The molecule has 5 nitrogen and oxygen atoms in total. The lowest BCUT2D eigenvalue weighted by Gasteiger charge is -2.10. The quantitative estimate of drug-likeness (QED) is 0.580. The van der Waals surface area contributed by atoms with Gasteiger partial charge in [0, 0.05) is 6.54 Å². The number of rotatable bonds is 5. The molecule has 102 valence electrons. The molecule has 0 unspecified atom stereocenters. The van der Waals surface area contributed by atoms with Crippen LogP contribution in [0.2, 0.25) is 0 Å². The monoisotopic (exact) mass is 297 g/mol. The summed E-state index contributed by atoms with van der Waals surface area (Å²) in [5, 5.41) is 3.92. The zero-order valence-corrected chi connectivity index (χ0v) is 12.0. The van der Waals surface area contributed by atoms with Gasteiger partial charge < -0.3 is 5.43 Å². The number of hydrazine groups is 1. The summed E-state index contributed by atoms with van der Waals surface area (Å²) < 4.78 is 27.0. The van der Waals surface area contributed by atoms with Gasteiger partial charge in [0.15, 0.2) is 0 Å². The molecule has 0 aliphatic carbocycles. The summed E-state index contributed by atoms with van der Waals surface area (Å²) >= 11 is 1.55. The van der Waals surface area contributed by atoms with Crippen molar-refractivity contribution in [1.82, 2.24) is 4.72 Å². The molecule has 0 aliphatic heterocycles. The van der Waals surface area contributed by atoms with E-state index in [9.17, 15) is 8.42 Å². The van der Waals surface area contributed by atoms with Crippen molar-refractivity contribution in [3.8, 4) is 0 Å². The van der Waals surface area contributed by atoms with Crippen LogP contribution in [-0.4, -0.2) is 8.42 Å². The highest BCUT2D eigenvalue weighted by Crippen LogP contribution is 2.20. The van der Waals surface area contributed by atoms with E-state index in [-0.39, 0.29) is 11.4 Å². The molecule has 0 spiro atoms. The Bertz CT molecular complexity index is 665. The van der Waals surface area contributed by atoms with Crippen LogP contribution in [0.3, 0.4) is 0 Å². The summed E-state index contributed by atoms with van der Waals surface area (Å²) in [5.41, 5.74) is 4.82. The molecule has 0 saturated carbocycles. The van der Waals surface area contributed by atoms with E-state index < -0.39 is 10.0 Å². The van der Waals surface area contributed by atoms with Gasteiger partial charge in [-0.25, -0.2) is 13.1 Å². The first-order valence-corrected chi connectivity index (χ1v) is 8.04. The van der Waals surface area contributed by atoms with Gasteiger partial charge in [-0.1, -0.05) is 12.1 Å². The van der Waals surface area contributed by atoms with E-state index in [0.717, 1.165) is 11.1 Å². The molecule has 0 saturated heterocycles. The number of benzene rings is 1. The maximum Gasteiger partial charge on any atom is 0.242 e. The number of hydrogen-bond donors (Lipinski definition) is 3. The zero-order valence-electron chi connectivity index (χ0n) is 10.4. The van der Waals surface area contributed by atoms with E-state index in [1.54, 1.807) is 29.5 Å². The molecule has 0 amide bonds. The fourth-order valence-corrected chi connectivity index (χ4v) is 3.67. The molecular weight excluding hydrogens is 282 g/mol. The number of aryl methyl sites for hydroxylation is 1. The third-order valence-electron chi connectivity index (χ3n) is 2.75. The average molecular weight is 297 g/mol. The Morgan fingerprint density at radius 1 is 1.26 bits per heavy atom. The minimum absolute atomic E-state index is 0.144. The van der Waals surface area contributed by atoms with Gasteiger partial charge in [0.25, 0.3) is 0 Å². The summed E-state index contributed by atoms with van der Waals surface area (Å²) in [7, 11) is -3.58. The SMILES string of the molecule is Cc1cscc1CNS(=O)(=O)c1ccccc1NN. The molecule has 2 aromatic rings. The highest BCUT2D eigenvalue weighted by Gasteiger charge is 2.17. The minimum atomic E-state index is -3.58. The fourth-order valence-electron chi connectivity index (χ4n) is 1.64. The van der Waals surface area contributed by atoms with Crippen LogP contribution < -0.4 is 16.0 Å². The summed E-state index contributed by atoms with van der Waals surface area (Å²) in [6.07, 6.45) is 0. The molecule has 0 atom stereocenters. The van der Waals surface area contributed by atoms with E-state index in [2.05, 4.69) is 10.1 Å². The second-order valence-electron chi connectivity index (χ2n) is 4.05. The number of para-hydroxylation sites is 1. The Hall–Kier alpha value is -1.41. The van der Waals surface area contributed by atoms with Crippen molar-refractivity contribution in [2.24, 2.45) is 5.84 Å². The van der Waals surface area contributed by atoms with Crippen LogP contribution in [-0.2, 0) is 16.6 Å². The van der Waals surface area contributed by atoms with E-state index >= 15 is 0 Å². The van der Waals surface area contributed by atoms with Gasteiger partial charge in [0.2, 0.25) is 10.0 Å². The molecule has 1 aromatic carbocycles. The number of nitrogen functional groups attached to an aromatic ring is 1. The predicted molar refractivity (Wildman–Crippen MR) is 77.3 cm³/mol. The third kappa shape index (κ3) is 3.13. The van der Waals surface area contributed by atoms with E-state index in [1.165, 1.54) is 6.07 Å². The van der Waals surface area contributed by atoms with Gasteiger partial charge in [-0.15, -0.1) is 0 Å². The third-order valence-corrected chi connectivity index (χ3v) is 5.12. The first-order valence-electron chi connectivity index (χ1n) is 5.61. The zero-order chi connectivity index (χ0) is 13.9. The van der Waals surface area contributed by atoms with E-state index in [1.807, 2.05) is 17.7 Å². The lowest BCUT2D eigenvalue weighted by atomic mass is 10.2. The van der Waals surface area contributed by atoms with Gasteiger partial charge in [-0.3, -0.25) is 5.84 Å². The molecule has 19 heavy (non-hydrogen) atoms. The summed E-state index contributed by atoms with van der Waals surface area (Å²) in [6.45, 7) is 2.23. The highest BCUT2D eigenvalue weighted by atomic mass is 32.2. The van der Waals surface area contributed by atoms with Crippen LogP contribution in [0.1, 0.15) is 11.1 Å². The first-order chi connectivity index (χ1) is 9.04. The Kier molecular flexibility index (Phi) is 4.20. The topological polar surface area (TPSA) is 84.2 Å². The van der Waals surface area contributed by atoms with Crippen molar-refractivity contribution in [2.45, 2.75) is 18.4 Å². The van der Waals surface area contributed by atoms with Crippen LogP contribution in [0.4, 0.5) is 5.69 Å². The van der Waals surface area contributed by atoms with E-state index in [4.69, 9.17) is 5.84 Å². The largest absolute Gasteiger partial charge is 0.323 e. The molecule has 2 rings (SSSR count). The van der Waals surface area contributed by atoms with Gasteiger partial charge in [-0.2, -0.15) is 11.3 Å². The number of nitrogens with one attached hydrogen (secondary N) is 2. The Labute approximate surface area is 116 Å². The van der Waals surface area contributed by atoms with Crippen LogP contribution in [0.5, 0.6) is 0 Å². The normalized spacial score (nSPS) is 11.5. The summed E-state index contributed by atoms with van der Waals surface area (Å²) in [6, 6.07) is 6.50. The maximum atomic E-state index is 12.2. The van der Waals surface area contributed by atoms with Gasteiger partial charge in [-0.05, 0) is 40.9 Å². The first kappa shape index (κ1) is 14.0. The molecule has 0 aliphatic rings. The van der Waals surface area contributed by atoms with Crippen molar-refractivity contribution in [1.29, 1.82) is 0 Å². The smallest absolute Gasteiger partial charge is 0.242 e. The molecule has 0 radical (unpaired) electrons. The standard InChI is InChI=1S/C12H15N3O2S2/c1-9-7-18-8-10(9)6-14-19(16,17)12-5-3-2-4-11(12)15-13/h2-5,7-8,14-15H,6,13H2,1H3. The Morgan fingerprint density at radius 2 is 2.00 bits per heavy atom. The van der Waals surface area contributed by atoms with Crippen LogP contribution in [0.15, 0.2) is 39.9 Å². The van der Waals surface area contributed by atoms with Crippen molar-refractivity contribution in [3.63, 3.8) is 0 Å². The molecule has 0 bridgehead atoms. The molecule has 0 fully saturated rings. The van der Waals surface area contributed by atoms with Gasteiger partial charge in [0.1, 0.15) is 4.90 Å². The maximum absolute atomic E-state index is 12.2. The average Bonchev–Trinajstić information content (AvgIpc) is 2.82. The van der Waals surface area contributed by atoms with Crippen molar-refractivity contribution < 1.29 is 8.42 Å². The summed E-state index contributed by atoms with van der Waals surface area (Å²) in [4.78, 5) is 0.144. The van der Waals surface area contributed by atoms with Crippen molar-refractivity contribution in [2.75, 3.05) is 5.43 Å². The fraction of sp³-hybridized carbons (Fsp3) is 0.167. The number of nitrogens with two attached hydrogens (primary N) is 1. The molecular formula is C12H15N3O2S2. The Morgan fingerprint density at radius 3 is 2.63 bits per heavy atom. The molecule has 1 aromatic heterocycles. The molecule has 1 heterocycles. The molecule has 4 N–H and O–H groups in total. The molecule has 7 heteroatoms. The number of sulfonamides is 1. The van der Waals surface area contributed by atoms with E-state index in [0.29, 0.717) is 5.69 Å². The van der Waals surface area contributed by atoms with Gasteiger partial charge >= 0.3 is 0 Å². The minimum Gasteiger partial charge on any atom is -0.323 e. The van der Waals surface area contributed by atoms with Crippen LogP contribution in [0, 0.1) is 6.92 Å². The van der Waals surface area contributed by atoms with Crippen molar-refractivity contribution >= 4 is 27.0 Å². The number of thiophene rings is 1. The lowest BCUT2D eigenvalue weighted by Crippen LogP contribution is -2.25. The lowest BCUT2D eigenvalue weighted by molar-refractivity contribution is 0.581. The second kappa shape index (κ2) is 5.70.